The van der Waals surface area contributed by atoms with Crippen molar-refractivity contribution in [3.05, 3.63) is 24.3 Å². The Labute approximate surface area is 123 Å². The maximum absolute atomic E-state index is 12.1. The molecule has 2 amide bonds. The molecule has 0 aromatic heterocycles. The quantitative estimate of drug-likeness (QED) is 0.847. The second-order valence-corrected chi connectivity index (χ2v) is 5.77. The van der Waals surface area contributed by atoms with Gasteiger partial charge >= 0.3 is 0 Å². The zero-order valence-electron chi connectivity index (χ0n) is 11.9. The summed E-state index contributed by atoms with van der Waals surface area (Å²) >= 11 is 1.67. The first kappa shape index (κ1) is 14.9. The van der Waals surface area contributed by atoms with E-state index in [0.717, 1.165) is 17.0 Å². The monoisotopic (exact) mass is 292 g/mol. The fraction of sp³-hybridized carbons (Fsp3) is 0.467. The number of nitrogens with zero attached hydrogens (tertiary/aromatic N) is 1. The van der Waals surface area contributed by atoms with E-state index in [0.29, 0.717) is 19.5 Å². The van der Waals surface area contributed by atoms with Crippen molar-refractivity contribution < 1.29 is 9.59 Å². The molecular formula is C15H20N2O2S. The molecule has 0 bridgehead atoms. The molecule has 1 aromatic carbocycles. The van der Waals surface area contributed by atoms with Crippen molar-refractivity contribution in [2.75, 3.05) is 24.2 Å². The minimum absolute atomic E-state index is 0.0107. The number of carbonyl (C=O) groups is 2. The molecule has 1 unspecified atom stereocenters. The largest absolute Gasteiger partial charge is 0.356 e. The Kier molecular flexibility index (Phi) is 5.06. The number of amides is 2. The number of hydrogen-bond donors (Lipinski definition) is 1. The van der Waals surface area contributed by atoms with E-state index in [2.05, 4.69) is 5.32 Å². The average molecular weight is 292 g/mol. The lowest BCUT2D eigenvalue weighted by Gasteiger charge is -2.17. The zero-order valence-corrected chi connectivity index (χ0v) is 12.7. The van der Waals surface area contributed by atoms with Crippen LogP contribution in [0.25, 0.3) is 0 Å². The number of thioether (sulfide) groups is 1. The van der Waals surface area contributed by atoms with Gasteiger partial charge in [-0.25, -0.2) is 0 Å². The van der Waals surface area contributed by atoms with E-state index in [1.165, 1.54) is 0 Å². The Morgan fingerprint density at radius 2 is 2.10 bits per heavy atom. The van der Waals surface area contributed by atoms with E-state index in [1.807, 2.05) is 37.4 Å². The first-order chi connectivity index (χ1) is 9.65. The molecule has 108 valence electrons. The van der Waals surface area contributed by atoms with E-state index in [1.54, 1.807) is 16.7 Å². The average Bonchev–Trinajstić information content (AvgIpc) is 2.87. The maximum Gasteiger partial charge on any atom is 0.227 e. The van der Waals surface area contributed by atoms with Crippen molar-refractivity contribution in [2.45, 2.75) is 24.7 Å². The van der Waals surface area contributed by atoms with Gasteiger partial charge in [0.15, 0.2) is 0 Å². The molecule has 0 aliphatic carbocycles. The van der Waals surface area contributed by atoms with Crippen LogP contribution in [0.3, 0.4) is 0 Å². The van der Waals surface area contributed by atoms with Crippen LogP contribution < -0.4 is 10.2 Å². The van der Waals surface area contributed by atoms with Crippen LogP contribution in [0.15, 0.2) is 29.2 Å². The molecule has 1 fully saturated rings. The van der Waals surface area contributed by atoms with Crippen molar-refractivity contribution in [1.82, 2.24) is 5.32 Å². The molecule has 1 aromatic rings. The van der Waals surface area contributed by atoms with Gasteiger partial charge < -0.3 is 10.2 Å². The van der Waals surface area contributed by atoms with Gasteiger partial charge in [0.2, 0.25) is 11.8 Å². The molecule has 1 aliphatic rings. The summed E-state index contributed by atoms with van der Waals surface area (Å²) in [4.78, 5) is 26.9. The van der Waals surface area contributed by atoms with Gasteiger partial charge in [0, 0.05) is 30.1 Å². The summed E-state index contributed by atoms with van der Waals surface area (Å²) in [6, 6.07) is 7.88. The van der Waals surface area contributed by atoms with E-state index >= 15 is 0 Å². The number of benzene rings is 1. The molecule has 0 spiro atoms. The van der Waals surface area contributed by atoms with Gasteiger partial charge in [-0.3, -0.25) is 9.59 Å². The number of hydrogen-bond acceptors (Lipinski definition) is 3. The topological polar surface area (TPSA) is 49.4 Å². The summed E-state index contributed by atoms with van der Waals surface area (Å²) in [5, 5.41) is 2.86. The minimum atomic E-state index is -0.228. The first-order valence-corrected chi connectivity index (χ1v) is 8.10. The predicted molar refractivity (Wildman–Crippen MR) is 82.0 cm³/mol. The SMILES string of the molecule is CCCNC(=O)C1CC(=O)N(c2ccc(SC)cc2)C1. The van der Waals surface area contributed by atoms with Gasteiger partial charge in [0.25, 0.3) is 0 Å². The highest BCUT2D eigenvalue weighted by Gasteiger charge is 2.34. The van der Waals surface area contributed by atoms with E-state index < -0.39 is 0 Å². The van der Waals surface area contributed by atoms with Crippen molar-refractivity contribution in [3.8, 4) is 0 Å². The summed E-state index contributed by atoms with van der Waals surface area (Å²) in [5.41, 5.74) is 0.874. The summed E-state index contributed by atoms with van der Waals surface area (Å²) in [6.45, 7) is 3.17. The van der Waals surface area contributed by atoms with E-state index in [9.17, 15) is 9.59 Å². The van der Waals surface area contributed by atoms with Gasteiger partial charge in [0.1, 0.15) is 0 Å². The van der Waals surface area contributed by atoms with Crippen LogP contribution in [0.5, 0.6) is 0 Å². The van der Waals surface area contributed by atoms with Crippen LogP contribution in [0.1, 0.15) is 19.8 Å². The van der Waals surface area contributed by atoms with Gasteiger partial charge in [-0.1, -0.05) is 6.92 Å². The summed E-state index contributed by atoms with van der Waals surface area (Å²) in [5.74, 6) is -0.212. The van der Waals surface area contributed by atoms with Gasteiger partial charge in [-0.2, -0.15) is 0 Å². The number of anilines is 1. The molecule has 2 rings (SSSR count). The number of rotatable bonds is 5. The Hall–Kier alpha value is -1.49. The smallest absolute Gasteiger partial charge is 0.227 e. The lowest BCUT2D eigenvalue weighted by atomic mass is 10.1. The van der Waals surface area contributed by atoms with Crippen LogP contribution in [0.4, 0.5) is 5.69 Å². The molecule has 1 saturated heterocycles. The third-order valence-electron chi connectivity index (χ3n) is 3.43. The Morgan fingerprint density at radius 1 is 1.40 bits per heavy atom. The van der Waals surface area contributed by atoms with Crippen molar-refractivity contribution in [1.29, 1.82) is 0 Å². The van der Waals surface area contributed by atoms with Crippen LogP contribution >= 0.6 is 11.8 Å². The highest BCUT2D eigenvalue weighted by molar-refractivity contribution is 7.98. The first-order valence-electron chi connectivity index (χ1n) is 6.87. The van der Waals surface area contributed by atoms with Gasteiger partial charge in [-0.15, -0.1) is 11.8 Å². The fourth-order valence-electron chi connectivity index (χ4n) is 2.29. The molecule has 5 heteroatoms. The summed E-state index contributed by atoms with van der Waals surface area (Å²) in [7, 11) is 0. The van der Waals surface area contributed by atoms with Crippen LogP contribution in [-0.2, 0) is 9.59 Å². The standard InChI is InChI=1S/C15H20N2O2S/c1-3-8-16-15(19)11-9-14(18)17(10-11)12-4-6-13(20-2)7-5-12/h4-7,11H,3,8-10H2,1-2H3,(H,16,19). The van der Waals surface area contributed by atoms with Gasteiger partial charge in [0.05, 0.1) is 5.92 Å². The lowest BCUT2D eigenvalue weighted by molar-refractivity contribution is -0.126. The third kappa shape index (κ3) is 3.33. The molecule has 4 nitrogen and oxygen atoms in total. The normalized spacial score (nSPS) is 18.4. The predicted octanol–water partition coefficient (Wildman–Crippen LogP) is 2.29. The molecule has 1 aliphatic heterocycles. The highest BCUT2D eigenvalue weighted by Crippen LogP contribution is 2.27. The third-order valence-corrected chi connectivity index (χ3v) is 4.17. The lowest BCUT2D eigenvalue weighted by Crippen LogP contribution is -2.33. The second-order valence-electron chi connectivity index (χ2n) is 4.89. The van der Waals surface area contributed by atoms with E-state index in [4.69, 9.17) is 0 Å². The van der Waals surface area contributed by atoms with Crippen LogP contribution in [0, 0.1) is 5.92 Å². The Bertz CT molecular complexity index is 487. The van der Waals surface area contributed by atoms with Crippen LogP contribution in [0.2, 0.25) is 0 Å². The second kappa shape index (κ2) is 6.79. The minimum Gasteiger partial charge on any atom is -0.356 e. The Balaban J connectivity index is 2.03. The van der Waals surface area contributed by atoms with Crippen molar-refractivity contribution in [2.24, 2.45) is 5.92 Å². The summed E-state index contributed by atoms with van der Waals surface area (Å²) in [6.07, 6.45) is 3.23. The molecule has 1 N–H and O–H groups in total. The Morgan fingerprint density at radius 3 is 2.70 bits per heavy atom. The molecule has 1 heterocycles. The fourth-order valence-corrected chi connectivity index (χ4v) is 2.70. The number of carbonyl (C=O) groups excluding carboxylic acids is 2. The highest BCUT2D eigenvalue weighted by atomic mass is 32.2. The summed E-state index contributed by atoms with van der Waals surface area (Å²) < 4.78 is 0. The zero-order chi connectivity index (χ0) is 14.5. The molecule has 20 heavy (non-hydrogen) atoms. The molecule has 0 saturated carbocycles. The molecular weight excluding hydrogens is 272 g/mol. The van der Waals surface area contributed by atoms with Crippen LogP contribution in [-0.4, -0.2) is 31.2 Å². The van der Waals surface area contributed by atoms with Gasteiger partial charge in [-0.05, 0) is 36.9 Å². The maximum atomic E-state index is 12.1. The molecule has 0 radical (unpaired) electrons. The van der Waals surface area contributed by atoms with Crippen molar-refractivity contribution in [3.63, 3.8) is 0 Å². The number of nitrogens with one attached hydrogen (secondary N) is 1. The van der Waals surface area contributed by atoms with Crippen molar-refractivity contribution >= 4 is 29.3 Å². The van der Waals surface area contributed by atoms with E-state index in [-0.39, 0.29) is 17.7 Å². The molecule has 1 atom stereocenters.